The summed E-state index contributed by atoms with van der Waals surface area (Å²) in [5.41, 5.74) is 2.63. The molecule has 4 saturated carbocycles. The highest BCUT2D eigenvalue weighted by Gasteiger charge is 2.81. The lowest BCUT2D eigenvalue weighted by molar-refractivity contribution is -0.304. The van der Waals surface area contributed by atoms with Gasteiger partial charge < -0.3 is 14.6 Å². The Bertz CT molecular complexity index is 1190. The second kappa shape index (κ2) is 6.70. The molecular formula is C31H37NO3. The van der Waals surface area contributed by atoms with Gasteiger partial charge in [0.1, 0.15) is 17.5 Å². The van der Waals surface area contributed by atoms with Gasteiger partial charge in [0.25, 0.3) is 0 Å². The van der Waals surface area contributed by atoms with Crippen molar-refractivity contribution < 1.29 is 14.6 Å². The van der Waals surface area contributed by atoms with Gasteiger partial charge in [0.05, 0.1) is 5.60 Å². The lowest BCUT2D eigenvalue weighted by atomic mass is 9.33. The number of aliphatic hydroxyl groups is 1. The van der Waals surface area contributed by atoms with Gasteiger partial charge in [-0.1, -0.05) is 42.5 Å². The minimum Gasteiger partial charge on any atom is -0.486 e. The Balaban J connectivity index is 1.35. The molecule has 4 bridgehead atoms. The minimum atomic E-state index is -0.986. The number of piperidine rings is 1. The summed E-state index contributed by atoms with van der Waals surface area (Å²) in [6.07, 6.45) is 8.15. The molecule has 4 nitrogen and oxygen atoms in total. The summed E-state index contributed by atoms with van der Waals surface area (Å²) in [5, 5.41) is 12.3. The van der Waals surface area contributed by atoms with Gasteiger partial charge in [-0.2, -0.15) is 0 Å². The van der Waals surface area contributed by atoms with Crippen molar-refractivity contribution in [2.45, 2.75) is 80.6 Å². The van der Waals surface area contributed by atoms with Crippen molar-refractivity contribution in [2.24, 2.45) is 17.3 Å². The fourth-order valence-electron chi connectivity index (χ4n) is 10.0. The molecule has 35 heavy (non-hydrogen) atoms. The number of methoxy groups -OCH3 is 1. The highest BCUT2D eigenvalue weighted by atomic mass is 16.6. The van der Waals surface area contributed by atoms with Gasteiger partial charge in [-0.05, 0) is 81.5 Å². The number of benzene rings is 2. The zero-order valence-corrected chi connectivity index (χ0v) is 21.0. The lowest BCUT2D eigenvalue weighted by Crippen LogP contribution is -2.82. The maximum Gasteiger partial charge on any atom is 0.138 e. The normalized spacial score (nSPS) is 42.3. The zero-order chi connectivity index (χ0) is 23.6. The Morgan fingerprint density at radius 1 is 1.09 bits per heavy atom. The van der Waals surface area contributed by atoms with Crippen LogP contribution in [0.4, 0.5) is 0 Å². The van der Waals surface area contributed by atoms with Gasteiger partial charge in [0, 0.05) is 42.0 Å². The molecule has 4 heteroatoms. The largest absolute Gasteiger partial charge is 0.486 e. The van der Waals surface area contributed by atoms with E-state index in [9.17, 15) is 5.11 Å². The Kier molecular flexibility index (Phi) is 4.07. The molecule has 1 unspecified atom stereocenters. The quantitative estimate of drug-likeness (QED) is 0.679. The van der Waals surface area contributed by atoms with Crippen LogP contribution in [0.5, 0.6) is 5.75 Å². The molecule has 7 atom stereocenters. The fourth-order valence-corrected chi connectivity index (χ4v) is 10.0. The molecular weight excluding hydrogens is 434 g/mol. The second-order valence-electron chi connectivity index (χ2n) is 12.8. The lowest BCUT2D eigenvalue weighted by Gasteiger charge is -2.75. The first kappa shape index (κ1) is 21.2. The summed E-state index contributed by atoms with van der Waals surface area (Å²) >= 11 is 0. The standard InChI is InChI=1S/C31H37NO3/c1-28(33,22-8-4-3-5-9-22)24-18-29-13-14-31(24,34-2)27-30(29)15-16-32(19-20-11-12-20)25(29)17-21-7-6-10-23(35-27)26(21)30/h3-10,20,24-25,27,33H,11-19H2,1-2H3/t24-,25-,27-,28-,29-,30?,31-/m1/s1. The third kappa shape index (κ3) is 2.36. The van der Waals surface area contributed by atoms with Crippen molar-refractivity contribution in [3.63, 3.8) is 0 Å². The molecule has 184 valence electrons. The summed E-state index contributed by atoms with van der Waals surface area (Å²) in [4.78, 5) is 2.87. The molecule has 2 heterocycles. The van der Waals surface area contributed by atoms with E-state index in [0.29, 0.717) is 6.04 Å². The maximum absolute atomic E-state index is 12.3. The first-order chi connectivity index (χ1) is 17.0. The van der Waals surface area contributed by atoms with Crippen LogP contribution in [0.1, 0.15) is 62.1 Å². The van der Waals surface area contributed by atoms with Gasteiger partial charge in [-0.15, -0.1) is 0 Å². The molecule has 2 aliphatic heterocycles. The molecule has 1 N–H and O–H groups in total. The van der Waals surface area contributed by atoms with E-state index in [1.807, 2.05) is 32.2 Å². The van der Waals surface area contributed by atoms with Gasteiger partial charge in [0.2, 0.25) is 0 Å². The zero-order valence-electron chi connectivity index (χ0n) is 21.0. The van der Waals surface area contributed by atoms with E-state index in [-0.39, 0.29) is 22.9 Å². The predicted molar refractivity (Wildman–Crippen MR) is 134 cm³/mol. The molecule has 0 aromatic heterocycles. The van der Waals surface area contributed by atoms with Crippen molar-refractivity contribution in [1.29, 1.82) is 0 Å². The van der Waals surface area contributed by atoms with Gasteiger partial charge in [-0.25, -0.2) is 0 Å². The molecule has 1 saturated heterocycles. The molecule has 0 amide bonds. The smallest absolute Gasteiger partial charge is 0.138 e. The molecule has 9 rings (SSSR count). The van der Waals surface area contributed by atoms with Crippen molar-refractivity contribution in [3.05, 3.63) is 65.2 Å². The Morgan fingerprint density at radius 2 is 1.91 bits per heavy atom. The number of fused-ring (bicyclic) bond motifs is 2. The third-order valence-corrected chi connectivity index (χ3v) is 11.6. The van der Waals surface area contributed by atoms with Crippen LogP contribution in [0.15, 0.2) is 48.5 Å². The molecule has 2 aromatic carbocycles. The molecule has 2 aromatic rings. The number of ether oxygens (including phenoxy) is 2. The first-order valence-electron chi connectivity index (χ1n) is 13.8. The van der Waals surface area contributed by atoms with Crippen LogP contribution in [-0.4, -0.2) is 48.0 Å². The van der Waals surface area contributed by atoms with E-state index in [1.165, 1.54) is 36.9 Å². The van der Waals surface area contributed by atoms with E-state index in [1.54, 1.807) is 0 Å². The number of likely N-dealkylation sites (tertiary alicyclic amines) is 1. The third-order valence-electron chi connectivity index (χ3n) is 11.6. The molecule has 5 aliphatic carbocycles. The number of hydrogen-bond donors (Lipinski definition) is 1. The summed E-state index contributed by atoms with van der Waals surface area (Å²) in [6.45, 7) is 4.44. The summed E-state index contributed by atoms with van der Waals surface area (Å²) in [7, 11) is 1.87. The first-order valence-corrected chi connectivity index (χ1v) is 13.8. The van der Waals surface area contributed by atoms with E-state index in [0.717, 1.165) is 49.5 Å². The molecule has 7 aliphatic rings. The number of hydrogen-bond acceptors (Lipinski definition) is 4. The van der Waals surface area contributed by atoms with Crippen LogP contribution in [0, 0.1) is 17.3 Å². The monoisotopic (exact) mass is 471 g/mol. The minimum absolute atomic E-state index is 0.000573. The maximum atomic E-state index is 12.3. The predicted octanol–water partition coefficient (Wildman–Crippen LogP) is 4.82. The van der Waals surface area contributed by atoms with E-state index in [4.69, 9.17) is 9.47 Å². The SMILES string of the molecule is CO[C@]12CC[C@@]3(C[C@@H]1[C@](C)(O)c1ccccc1)[C@H]1Cc4cccc5c4C3(CCN1CC1CC1)[C@H]2O5. The van der Waals surface area contributed by atoms with Crippen molar-refractivity contribution in [3.8, 4) is 5.75 Å². The molecule has 5 fully saturated rings. The van der Waals surface area contributed by atoms with Crippen LogP contribution >= 0.6 is 0 Å². The summed E-state index contributed by atoms with van der Waals surface area (Å²) < 4.78 is 13.7. The van der Waals surface area contributed by atoms with Gasteiger partial charge >= 0.3 is 0 Å². The average Bonchev–Trinajstić information content (AvgIpc) is 3.63. The Labute approximate surface area is 208 Å². The van der Waals surface area contributed by atoms with Crippen molar-refractivity contribution in [2.75, 3.05) is 20.2 Å². The van der Waals surface area contributed by atoms with E-state index in [2.05, 4.69) is 35.2 Å². The van der Waals surface area contributed by atoms with Crippen LogP contribution < -0.4 is 4.74 Å². The Morgan fingerprint density at radius 3 is 2.69 bits per heavy atom. The van der Waals surface area contributed by atoms with Crippen LogP contribution in [0.2, 0.25) is 0 Å². The highest BCUT2D eigenvalue weighted by Crippen LogP contribution is 2.77. The van der Waals surface area contributed by atoms with Gasteiger partial charge in [-0.3, -0.25) is 4.90 Å². The summed E-state index contributed by atoms with van der Waals surface area (Å²) in [5.74, 6) is 1.96. The summed E-state index contributed by atoms with van der Waals surface area (Å²) in [6, 6.07) is 17.6. The Hall–Kier alpha value is -1.88. The van der Waals surface area contributed by atoms with E-state index >= 15 is 0 Å². The topological polar surface area (TPSA) is 41.9 Å². The average molecular weight is 472 g/mol. The highest BCUT2D eigenvalue weighted by molar-refractivity contribution is 5.59. The van der Waals surface area contributed by atoms with Crippen molar-refractivity contribution in [1.82, 2.24) is 4.90 Å². The van der Waals surface area contributed by atoms with Gasteiger partial charge in [0.15, 0.2) is 0 Å². The second-order valence-corrected chi connectivity index (χ2v) is 12.8. The molecule has 2 spiro atoms. The van der Waals surface area contributed by atoms with Crippen LogP contribution in [0.3, 0.4) is 0 Å². The number of rotatable bonds is 5. The van der Waals surface area contributed by atoms with Crippen LogP contribution in [0.25, 0.3) is 0 Å². The molecule has 0 radical (unpaired) electrons. The fraction of sp³-hybridized carbons (Fsp3) is 0.613. The van der Waals surface area contributed by atoms with E-state index < -0.39 is 11.2 Å². The van der Waals surface area contributed by atoms with Crippen molar-refractivity contribution >= 4 is 0 Å². The van der Waals surface area contributed by atoms with Crippen LogP contribution in [-0.2, 0) is 22.2 Å². The number of nitrogens with zero attached hydrogens (tertiary/aromatic N) is 1.